The van der Waals surface area contributed by atoms with Crippen LogP contribution in [0.3, 0.4) is 0 Å². The first-order chi connectivity index (χ1) is 9.79. The largest absolute Gasteiger partial charge is 0.337 e. The van der Waals surface area contributed by atoms with E-state index in [-0.39, 0.29) is 5.91 Å². The predicted molar refractivity (Wildman–Crippen MR) is 78.4 cm³/mol. The Morgan fingerprint density at radius 2 is 2.10 bits per heavy atom. The zero-order valence-corrected chi connectivity index (χ0v) is 11.5. The molecule has 0 atom stereocenters. The molecule has 2 heterocycles. The molecule has 3 N–H and O–H groups in total. The Kier molecular flexibility index (Phi) is 3.69. The van der Waals surface area contributed by atoms with Gasteiger partial charge in [-0.1, -0.05) is 18.2 Å². The molecule has 106 valence electrons. The van der Waals surface area contributed by atoms with E-state index in [1.807, 2.05) is 29.2 Å². The number of likely N-dealkylation sites (tertiary alicyclic amines) is 1. The van der Waals surface area contributed by atoms with Crippen LogP contribution in [0.1, 0.15) is 29.8 Å². The maximum Gasteiger partial charge on any atom is 0.274 e. The lowest BCUT2D eigenvalue weighted by atomic mass is 9.93. The molecule has 1 saturated heterocycles. The zero-order chi connectivity index (χ0) is 13.9. The average molecular weight is 272 g/mol. The van der Waals surface area contributed by atoms with Crippen molar-refractivity contribution in [3.8, 4) is 0 Å². The van der Waals surface area contributed by atoms with Crippen molar-refractivity contribution in [2.45, 2.75) is 19.3 Å². The first-order valence-electron chi connectivity index (χ1n) is 7.22. The molecule has 2 aromatic rings. The molecule has 0 radical (unpaired) electrons. The number of aromatic nitrogens is 2. The van der Waals surface area contributed by atoms with Crippen molar-refractivity contribution in [3.05, 3.63) is 30.0 Å². The molecule has 1 aromatic heterocycles. The lowest BCUT2D eigenvalue weighted by Gasteiger charge is -2.31. The molecule has 0 unspecified atom stereocenters. The van der Waals surface area contributed by atoms with Gasteiger partial charge in [0.05, 0.1) is 5.52 Å². The van der Waals surface area contributed by atoms with Gasteiger partial charge in [-0.2, -0.15) is 5.10 Å². The Morgan fingerprint density at radius 3 is 2.85 bits per heavy atom. The number of hydrogen-bond donors (Lipinski definition) is 2. The molecule has 20 heavy (non-hydrogen) atoms. The standard InChI is InChI=1S/C15H20N4O/c16-8-5-11-6-9-19(10-7-11)15(20)14-12-3-1-2-4-13(12)17-18-14/h1-4,11H,5-10,16H2,(H,17,18). The minimum atomic E-state index is 0.0358. The van der Waals surface area contributed by atoms with Gasteiger partial charge in [-0.25, -0.2) is 0 Å². The Labute approximate surface area is 118 Å². The summed E-state index contributed by atoms with van der Waals surface area (Å²) in [4.78, 5) is 14.5. The van der Waals surface area contributed by atoms with E-state index < -0.39 is 0 Å². The molecule has 0 spiro atoms. The fraction of sp³-hybridized carbons (Fsp3) is 0.467. The van der Waals surface area contributed by atoms with E-state index in [1.54, 1.807) is 0 Å². The molecule has 3 rings (SSSR count). The SMILES string of the molecule is NCCC1CCN(C(=O)c2n[nH]c3ccccc23)CC1. The number of hydrogen-bond acceptors (Lipinski definition) is 3. The van der Waals surface area contributed by atoms with E-state index in [1.165, 1.54) is 0 Å². The van der Waals surface area contributed by atoms with Gasteiger partial charge in [-0.05, 0) is 37.8 Å². The summed E-state index contributed by atoms with van der Waals surface area (Å²) >= 11 is 0. The van der Waals surface area contributed by atoms with Gasteiger partial charge < -0.3 is 10.6 Å². The third-order valence-electron chi connectivity index (χ3n) is 4.15. The highest BCUT2D eigenvalue weighted by molar-refractivity contribution is 6.04. The van der Waals surface area contributed by atoms with Gasteiger partial charge in [0.1, 0.15) is 0 Å². The molecule has 5 nitrogen and oxygen atoms in total. The van der Waals surface area contributed by atoms with Crippen LogP contribution in [-0.4, -0.2) is 40.6 Å². The van der Waals surface area contributed by atoms with Gasteiger partial charge in [0.2, 0.25) is 0 Å². The number of fused-ring (bicyclic) bond motifs is 1. The number of nitrogens with zero attached hydrogens (tertiary/aromatic N) is 2. The van der Waals surface area contributed by atoms with Crippen molar-refractivity contribution in [3.63, 3.8) is 0 Å². The van der Waals surface area contributed by atoms with Crippen molar-refractivity contribution >= 4 is 16.8 Å². The number of amides is 1. The topological polar surface area (TPSA) is 75.0 Å². The fourth-order valence-electron chi connectivity index (χ4n) is 2.94. The van der Waals surface area contributed by atoms with Crippen LogP contribution in [0, 0.1) is 5.92 Å². The number of piperidine rings is 1. The first kappa shape index (κ1) is 13.1. The Morgan fingerprint density at radius 1 is 1.35 bits per heavy atom. The van der Waals surface area contributed by atoms with E-state index in [9.17, 15) is 4.79 Å². The molecule has 0 saturated carbocycles. The number of carbonyl (C=O) groups excluding carboxylic acids is 1. The molecular weight excluding hydrogens is 252 g/mol. The third-order valence-corrected chi connectivity index (χ3v) is 4.15. The lowest BCUT2D eigenvalue weighted by Crippen LogP contribution is -2.39. The summed E-state index contributed by atoms with van der Waals surface area (Å²) in [7, 11) is 0. The van der Waals surface area contributed by atoms with Crippen molar-refractivity contribution in [2.75, 3.05) is 19.6 Å². The highest BCUT2D eigenvalue weighted by atomic mass is 16.2. The summed E-state index contributed by atoms with van der Waals surface area (Å²) < 4.78 is 0. The molecule has 0 bridgehead atoms. The summed E-state index contributed by atoms with van der Waals surface area (Å²) in [5, 5.41) is 8.02. The van der Waals surface area contributed by atoms with Gasteiger partial charge in [-0.3, -0.25) is 9.89 Å². The maximum atomic E-state index is 12.6. The summed E-state index contributed by atoms with van der Waals surface area (Å²) in [6, 6.07) is 7.75. The molecule has 1 aliphatic heterocycles. The van der Waals surface area contributed by atoms with E-state index in [2.05, 4.69) is 10.2 Å². The van der Waals surface area contributed by atoms with Crippen LogP contribution in [0.15, 0.2) is 24.3 Å². The van der Waals surface area contributed by atoms with E-state index >= 15 is 0 Å². The number of carbonyl (C=O) groups is 1. The third kappa shape index (κ3) is 2.41. The summed E-state index contributed by atoms with van der Waals surface area (Å²) in [6.07, 6.45) is 3.16. The van der Waals surface area contributed by atoms with Crippen molar-refractivity contribution in [1.82, 2.24) is 15.1 Å². The number of nitrogens with two attached hydrogens (primary N) is 1. The smallest absolute Gasteiger partial charge is 0.274 e. The number of benzene rings is 1. The van der Waals surface area contributed by atoms with Crippen molar-refractivity contribution < 1.29 is 4.79 Å². The van der Waals surface area contributed by atoms with Crippen molar-refractivity contribution in [2.24, 2.45) is 11.7 Å². The maximum absolute atomic E-state index is 12.6. The summed E-state index contributed by atoms with van der Waals surface area (Å²) in [6.45, 7) is 2.36. The van der Waals surface area contributed by atoms with Crippen molar-refractivity contribution in [1.29, 1.82) is 0 Å². The average Bonchev–Trinajstić information content (AvgIpc) is 2.92. The summed E-state index contributed by atoms with van der Waals surface area (Å²) in [5.41, 5.74) is 7.05. The second-order valence-corrected chi connectivity index (χ2v) is 5.43. The number of H-pyrrole nitrogens is 1. The molecular formula is C15H20N4O. The Hall–Kier alpha value is -1.88. The summed E-state index contributed by atoms with van der Waals surface area (Å²) in [5.74, 6) is 0.702. The predicted octanol–water partition coefficient (Wildman–Crippen LogP) is 1.76. The quantitative estimate of drug-likeness (QED) is 0.894. The first-order valence-corrected chi connectivity index (χ1v) is 7.22. The number of rotatable bonds is 3. The van der Waals surface area contributed by atoms with E-state index in [4.69, 9.17) is 5.73 Å². The molecule has 1 aromatic carbocycles. The van der Waals surface area contributed by atoms with Gasteiger partial charge in [-0.15, -0.1) is 0 Å². The highest BCUT2D eigenvalue weighted by Gasteiger charge is 2.25. The van der Waals surface area contributed by atoms with Crippen LogP contribution in [0.25, 0.3) is 10.9 Å². The Bertz CT molecular complexity index is 599. The molecule has 1 aliphatic rings. The highest BCUT2D eigenvalue weighted by Crippen LogP contribution is 2.23. The van der Waals surface area contributed by atoms with Gasteiger partial charge in [0.25, 0.3) is 5.91 Å². The Balaban J connectivity index is 1.74. The minimum Gasteiger partial charge on any atom is -0.337 e. The van der Waals surface area contributed by atoms with Crippen LogP contribution in [0.5, 0.6) is 0 Å². The fourth-order valence-corrected chi connectivity index (χ4v) is 2.94. The van der Waals surface area contributed by atoms with Gasteiger partial charge in [0.15, 0.2) is 5.69 Å². The van der Waals surface area contributed by atoms with Gasteiger partial charge >= 0.3 is 0 Å². The van der Waals surface area contributed by atoms with Crippen LogP contribution < -0.4 is 5.73 Å². The van der Waals surface area contributed by atoms with Crippen LogP contribution in [-0.2, 0) is 0 Å². The van der Waals surface area contributed by atoms with Crippen LogP contribution in [0.4, 0.5) is 0 Å². The lowest BCUT2D eigenvalue weighted by molar-refractivity contribution is 0.0684. The molecule has 5 heteroatoms. The number of para-hydroxylation sites is 1. The van der Waals surface area contributed by atoms with E-state index in [0.717, 1.165) is 49.8 Å². The van der Waals surface area contributed by atoms with Gasteiger partial charge in [0, 0.05) is 18.5 Å². The number of nitrogens with one attached hydrogen (secondary N) is 1. The monoisotopic (exact) mass is 272 g/mol. The zero-order valence-electron chi connectivity index (χ0n) is 11.5. The van der Waals surface area contributed by atoms with Crippen LogP contribution >= 0.6 is 0 Å². The molecule has 1 fully saturated rings. The van der Waals surface area contributed by atoms with Crippen LogP contribution in [0.2, 0.25) is 0 Å². The number of aromatic amines is 1. The van der Waals surface area contributed by atoms with E-state index in [0.29, 0.717) is 11.6 Å². The second-order valence-electron chi connectivity index (χ2n) is 5.43. The second kappa shape index (κ2) is 5.63. The minimum absolute atomic E-state index is 0.0358. The molecule has 0 aliphatic carbocycles. The molecule has 1 amide bonds. The normalized spacial score (nSPS) is 16.8.